The minimum Gasteiger partial charge on any atom is -0.490 e. The molecule has 0 aliphatic carbocycles. The monoisotopic (exact) mass is 540 g/mol. The quantitative estimate of drug-likeness (QED) is 0.271. The number of carbonyl (C=O) groups is 1. The molecule has 0 aromatic heterocycles. The van der Waals surface area contributed by atoms with Crippen molar-refractivity contribution in [2.45, 2.75) is 20.8 Å². The third-order valence-electron chi connectivity index (χ3n) is 5.96. The van der Waals surface area contributed by atoms with E-state index in [1.807, 2.05) is 75.4 Å². The van der Waals surface area contributed by atoms with E-state index in [0.717, 1.165) is 16.9 Å². The number of hydrazone groups is 1. The van der Waals surface area contributed by atoms with Crippen LogP contribution in [0.3, 0.4) is 0 Å². The zero-order valence-electron chi connectivity index (χ0n) is 21.9. The van der Waals surface area contributed by atoms with Crippen molar-refractivity contribution in [1.82, 2.24) is 5.01 Å². The maximum absolute atomic E-state index is 12.9. The largest absolute Gasteiger partial charge is 0.490 e. The van der Waals surface area contributed by atoms with E-state index in [2.05, 4.69) is 10.1 Å². The number of nitrogens with zero attached hydrogens (tertiary/aromatic N) is 3. The van der Waals surface area contributed by atoms with Crippen LogP contribution in [0.1, 0.15) is 29.2 Å². The summed E-state index contributed by atoms with van der Waals surface area (Å²) in [6.45, 7) is 7.10. The molecule has 0 fully saturated rings. The standard InChI is InChI=1S/C30H28N4O4S/c1-4-36-26-18-21(9-14-25(26)38-16-15-37-23-12-7-20(3)8-13-23)17-24-27(31)34-30(32-28(24)35)39-29(33-34)22-10-5-19(2)6-11-22/h5-14,17-18,31H,4,15-16H2,1-3H3/b24-17+,31-27?. The van der Waals surface area contributed by atoms with Gasteiger partial charge in [-0.1, -0.05) is 53.6 Å². The van der Waals surface area contributed by atoms with Gasteiger partial charge >= 0.3 is 0 Å². The molecule has 1 N–H and O–H groups in total. The maximum atomic E-state index is 12.9. The van der Waals surface area contributed by atoms with Crippen molar-refractivity contribution in [1.29, 1.82) is 5.41 Å². The fourth-order valence-corrected chi connectivity index (χ4v) is 4.82. The van der Waals surface area contributed by atoms with E-state index in [0.29, 0.717) is 47.1 Å². The van der Waals surface area contributed by atoms with E-state index in [-0.39, 0.29) is 11.4 Å². The summed E-state index contributed by atoms with van der Waals surface area (Å²) in [4.78, 5) is 17.1. The molecule has 198 valence electrons. The second kappa shape index (κ2) is 11.6. The highest BCUT2D eigenvalue weighted by atomic mass is 32.2. The molecule has 0 unspecified atom stereocenters. The Labute approximate surface area is 231 Å². The number of amidine groups is 2. The number of benzene rings is 3. The highest BCUT2D eigenvalue weighted by Gasteiger charge is 2.36. The number of nitrogens with one attached hydrogen (secondary N) is 1. The second-order valence-corrected chi connectivity index (χ2v) is 9.90. The first kappa shape index (κ1) is 26.2. The number of thioether (sulfide) groups is 1. The van der Waals surface area contributed by atoms with Crippen LogP contribution in [0, 0.1) is 19.3 Å². The van der Waals surface area contributed by atoms with E-state index in [1.165, 1.54) is 22.3 Å². The number of hydrogen-bond donors (Lipinski definition) is 1. The average molecular weight is 541 g/mol. The summed E-state index contributed by atoms with van der Waals surface area (Å²) in [6.07, 6.45) is 1.63. The van der Waals surface area contributed by atoms with Gasteiger partial charge in [0.15, 0.2) is 17.3 Å². The number of aliphatic imine (C=N–C) groups is 1. The predicted octanol–water partition coefficient (Wildman–Crippen LogP) is 5.83. The first-order valence-electron chi connectivity index (χ1n) is 12.6. The molecule has 0 saturated carbocycles. The molecule has 5 rings (SSSR count). The van der Waals surface area contributed by atoms with Gasteiger partial charge in [-0.25, -0.2) is 0 Å². The first-order chi connectivity index (χ1) is 18.9. The van der Waals surface area contributed by atoms with Crippen molar-refractivity contribution in [3.63, 3.8) is 0 Å². The molecular formula is C30H28N4O4S. The fourth-order valence-electron chi connectivity index (χ4n) is 3.92. The summed E-state index contributed by atoms with van der Waals surface area (Å²) in [5.41, 5.74) is 4.06. The van der Waals surface area contributed by atoms with Gasteiger partial charge < -0.3 is 14.2 Å². The van der Waals surface area contributed by atoms with E-state index in [1.54, 1.807) is 18.2 Å². The zero-order valence-corrected chi connectivity index (χ0v) is 22.7. The SMILES string of the molecule is CCOc1cc(/C=C2\C(=N)N3N=C(c4ccc(C)cc4)SC3=NC2=O)ccc1OCCOc1ccc(C)cc1. The van der Waals surface area contributed by atoms with Gasteiger partial charge in [-0.3, -0.25) is 10.2 Å². The Morgan fingerprint density at radius 1 is 0.897 bits per heavy atom. The van der Waals surface area contributed by atoms with Gasteiger partial charge in [0.05, 0.1) is 12.2 Å². The van der Waals surface area contributed by atoms with Crippen molar-refractivity contribution in [3.05, 3.63) is 94.6 Å². The third kappa shape index (κ3) is 6.04. The lowest BCUT2D eigenvalue weighted by atomic mass is 10.1. The van der Waals surface area contributed by atoms with Crippen LogP contribution < -0.4 is 14.2 Å². The molecule has 0 bridgehead atoms. The van der Waals surface area contributed by atoms with Crippen LogP contribution in [0.25, 0.3) is 6.08 Å². The normalized spacial score (nSPS) is 15.7. The van der Waals surface area contributed by atoms with Crippen LogP contribution >= 0.6 is 11.8 Å². The lowest BCUT2D eigenvalue weighted by molar-refractivity contribution is -0.114. The molecule has 0 saturated heterocycles. The maximum Gasteiger partial charge on any atom is 0.283 e. The average Bonchev–Trinajstić information content (AvgIpc) is 3.35. The molecule has 2 heterocycles. The van der Waals surface area contributed by atoms with Gasteiger partial charge in [-0.05, 0) is 68.4 Å². The number of ether oxygens (including phenoxy) is 3. The molecule has 0 radical (unpaired) electrons. The molecule has 39 heavy (non-hydrogen) atoms. The van der Waals surface area contributed by atoms with Crippen LogP contribution in [-0.2, 0) is 4.79 Å². The van der Waals surface area contributed by atoms with E-state index in [4.69, 9.17) is 19.6 Å². The Balaban J connectivity index is 1.30. The number of aryl methyl sites for hydroxylation is 2. The number of amides is 1. The van der Waals surface area contributed by atoms with Gasteiger partial charge in [-0.2, -0.15) is 15.1 Å². The number of fused-ring (bicyclic) bond motifs is 1. The number of hydrogen-bond acceptors (Lipinski definition) is 7. The van der Waals surface area contributed by atoms with Gasteiger partial charge in [0.25, 0.3) is 5.91 Å². The van der Waals surface area contributed by atoms with Crippen molar-refractivity contribution >= 4 is 39.8 Å². The topological polar surface area (TPSA) is 96.6 Å². The Morgan fingerprint density at radius 2 is 1.59 bits per heavy atom. The first-order valence-corrected chi connectivity index (χ1v) is 13.4. The minimum atomic E-state index is -0.481. The Morgan fingerprint density at radius 3 is 2.31 bits per heavy atom. The van der Waals surface area contributed by atoms with Crippen molar-refractivity contribution in [2.24, 2.45) is 10.1 Å². The van der Waals surface area contributed by atoms with E-state index < -0.39 is 5.91 Å². The smallest absolute Gasteiger partial charge is 0.283 e. The van der Waals surface area contributed by atoms with Crippen molar-refractivity contribution in [3.8, 4) is 17.2 Å². The van der Waals surface area contributed by atoms with Gasteiger partial charge in [0.2, 0.25) is 5.17 Å². The highest BCUT2D eigenvalue weighted by Crippen LogP contribution is 2.33. The Bertz CT molecular complexity index is 1490. The molecule has 3 aromatic rings. The summed E-state index contributed by atoms with van der Waals surface area (Å²) >= 11 is 1.28. The Kier molecular flexibility index (Phi) is 7.79. The molecule has 1 amide bonds. The van der Waals surface area contributed by atoms with Gasteiger partial charge in [-0.15, -0.1) is 0 Å². The predicted molar refractivity (Wildman–Crippen MR) is 155 cm³/mol. The van der Waals surface area contributed by atoms with E-state index in [9.17, 15) is 4.79 Å². The van der Waals surface area contributed by atoms with Crippen LogP contribution in [-0.4, -0.2) is 46.8 Å². The summed E-state index contributed by atoms with van der Waals surface area (Å²) in [6, 6.07) is 21.2. The second-order valence-electron chi connectivity index (χ2n) is 8.94. The molecule has 2 aliphatic heterocycles. The van der Waals surface area contributed by atoms with E-state index >= 15 is 0 Å². The highest BCUT2D eigenvalue weighted by molar-refractivity contribution is 8.27. The molecule has 3 aromatic carbocycles. The number of rotatable bonds is 9. The summed E-state index contributed by atoms with van der Waals surface area (Å²) in [7, 11) is 0. The fraction of sp³-hybridized carbons (Fsp3) is 0.200. The molecule has 8 nitrogen and oxygen atoms in total. The van der Waals surface area contributed by atoms with Crippen molar-refractivity contribution in [2.75, 3.05) is 19.8 Å². The molecule has 2 aliphatic rings. The Hall–Kier alpha value is -4.37. The lowest BCUT2D eigenvalue weighted by Gasteiger charge is -2.20. The molecule has 9 heteroatoms. The third-order valence-corrected chi connectivity index (χ3v) is 6.92. The van der Waals surface area contributed by atoms with Gasteiger partial charge in [0.1, 0.15) is 24.0 Å². The van der Waals surface area contributed by atoms with Crippen LogP contribution in [0.4, 0.5) is 0 Å². The lowest BCUT2D eigenvalue weighted by Crippen LogP contribution is -2.35. The summed E-state index contributed by atoms with van der Waals surface area (Å²) in [5, 5.41) is 15.7. The van der Waals surface area contributed by atoms with Crippen LogP contribution in [0.5, 0.6) is 17.2 Å². The van der Waals surface area contributed by atoms with Crippen LogP contribution in [0.15, 0.2) is 82.4 Å². The molecule has 0 spiro atoms. The molecule has 0 atom stereocenters. The van der Waals surface area contributed by atoms with Crippen LogP contribution in [0.2, 0.25) is 0 Å². The number of carbonyl (C=O) groups excluding carboxylic acids is 1. The summed E-state index contributed by atoms with van der Waals surface area (Å²) < 4.78 is 17.4. The zero-order chi connectivity index (χ0) is 27.4. The summed E-state index contributed by atoms with van der Waals surface area (Å²) in [5.74, 6) is 1.39. The van der Waals surface area contributed by atoms with Crippen molar-refractivity contribution < 1.29 is 19.0 Å². The minimum absolute atomic E-state index is 0.0221. The van der Waals surface area contributed by atoms with Gasteiger partial charge in [0, 0.05) is 5.56 Å². The molecular weight excluding hydrogens is 512 g/mol.